The fraction of sp³-hybridized carbons (Fsp3) is 0. The van der Waals surface area contributed by atoms with Gasteiger partial charge >= 0.3 is 5.97 Å². The Kier molecular flexibility index (Phi) is 2.40. The number of pyridine rings is 1. The molecule has 5 heteroatoms. The lowest BCUT2D eigenvalue weighted by molar-refractivity contribution is 0.0696. The monoisotopic (exact) mass is 185 g/mol. The van der Waals surface area contributed by atoms with Crippen LogP contribution in [0.2, 0.25) is 0 Å². The predicted molar refractivity (Wildman–Crippen MR) is 41.4 cm³/mol. The molecule has 0 atom stereocenters. The number of carbonyl (C=O) groups excluding carboxylic acids is 1. The van der Waals surface area contributed by atoms with E-state index in [0.717, 1.165) is 6.20 Å². The molecule has 1 N–H and O–H groups in total. The molecule has 0 spiro atoms. The van der Waals surface area contributed by atoms with E-state index >= 15 is 0 Å². The summed E-state index contributed by atoms with van der Waals surface area (Å²) in [5.41, 5.74) is 0.0679. The molecule has 0 unspecified atom stereocenters. The fourth-order valence-corrected chi connectivity index (χ4v) is 0.748. The lowest BCUT2D eigenvalue weighted by Gasteiger charge is -1.93. The molecular weight excluding hydrogens is 182 g/mol. The van der Waals surface area contributed by atoms with Gasteiger partial charge in [-0.2, -0.15) is 0 Å². The molecule has 0 aliphatic rings. The first-order chi connectivity index (χ1) is 5.61. The molecule has 0 aliphatic heterocycles. The van der Waals surface area contributed by atoms with Crippen molar-refractivity contribution in [3.05, 3.63) is 29.6 Å². The number of aromatic carboxylic acids is 1. The number of carboxylic acid groups (broad SMARTS) is 1. The Bertz CT molecular complexity index is 287. The third kappa shape index (κ3) is 1.79. The number of carboxylic acids is 1. The molecule has 4 nitrogen and oxygen atoms in total. The molecule has 0 aliphatic carbocycles. The van der Waals surface area contributed by atoms with Crippen molar-refractivity contribution < 1.29 is 14.7 Å². The summed E-state index contributed by atoms with van der Waals surface area (Å²) in [5.74, 6) is -1.09. The van der Waals surface area contributed by atoms with E-state index in [0.29, 0.717) is 0 Å². The standard InChI is InChI=1S/C7H4ClNO3/c8-6(10)5-2-1-4(3-9-5)7(11)12/h1-3H,(H,11,12). The van der Waals surface area contributed by atoms with Gasteiger partial charge in [0.25, 0.3) is 5.24 Å². The highest BCUT2D eigenvalue weighted by molar-refractivity contribution is 6.67. The number of aromatic nitrogens is 1. The Morgan fingerprint density at radius 3 is 2.42 bits per heavy atom. The highest BCUT2D eigenvalue weighted by atomic mass is 35.5. The second-order valence-electron chi connectivity index (χ2n) is 2.01. The summed E-state index contributed by atoms with van der Waals surface area (Å²) in [4.78, 5) is 24.3. The number of carbonyl (C=O) groups is 2. The van der Waals surface area contributed by atoms with Gasteiger partial charge in [0.2, 0.25) is 0 Å². The van der Waals surface area contributed by atoms with Crippen molar-refractivity contribution in [1.29, 1.82) is 0 Å². The molecule has 0 saturated heterocycles. The third-order valence-corrected chi connectivity index (χ3v) is 1.41. The number of hydrogen-bond donors (Lipinski definition) is 1. The molecule has 0 radical (unpaired) electrons. The van der Waals surface area contributed by atoms with Gasteiger partial charge in [-0.3, -0.25) is 9.78 Å². The van der Waals surface area contributed by atoms with Gasteiger partial charge in [0, 0.05) is 6.20 Å². The average molecular weight is 186 g/mol. The van der Waals surface area contributed by atoms with Crippen molar-refractivity contribution in [2.45, 2.75) is 0 Å². The van der Waals surface area contributed by atoms with Crippen molar-refractivity contribution in [1.82, 2.24) is 4.98 Å². The van der Waals surface area contributed by atoms with E-state index in [4.69, 9.17) is 16.7 Å². The van der Waals surface area contributed by atoms with Crippen LogP contribution in [0.5, 0.6) is 0 Å². The van der Waals surface area contributed by atoms with Crippen LogP contribution in [0.1, 0.15) is 20.8 Å². The van der Waals surface area contributed by atoms with E-state index in [2.05, 4.69) is 4.98 Å². The van der Waals surface area contributed by atoms with Crippen molar-refractivity contribution in [3.63, 3.8) is 0 Å². The normalized spacial score (nSPS) is 9.42. The molecule has 12 heavy (non-hydrogen) atoms. The third-order valence-electron chi connectivity index (χ3n) is 1.21. The highest BCUT2D eigenvalue weighted by Gasteiger charge is 2.05. The Morgan fingerprint density at radius 1 is 1.42 bits per heavy atom. The molecule has 0 amide bonds. The number of halogens is 1. The summed E-state index contributed by atoms with van der Waals surface area (Å²) < 4.78 is 0. The molecular formula is C7H4ClNO3. The zero-order chi connectivity index (χ0) is 9.14. The van der Waals surface area contributed by atoms with Crippen LogP contribution in [-0.4, -0.2) is 21.3 Å². The second-order valence-corrected chi connectivity index (χ2v) is 2.35. The first-order valence-corrected chi connectivity index (χ1v) is 3.38. The van der Waals surface area contributed by atoms with Crippen LogP contribution < -0.4 is 0 Å². The van der Waals surface area contributed by atoms with Gasteiger partial charge in [0.15, 0.2) is 0 Å². The number of rotatable bonds is 2. The number of nitrogens with zero attached hydrogens (tertiary/aromatic N) is 1. The summed E-state index contributed by atoms with van der Waals surface area (Å²) >= 11 is 5.09. The molecule has 0 fully saturated rings. The first kappa shape index (κ1) is 8.67. The van der Waals surface area contributed by atoms with Crippen molar-refractivity contribution in [3.8, 4) is 0 Å². The van der Waals surface area contributed by atoms with Crippen LogP contribution in [0, 0.1) is 0 Å². The van der Waals surface area contributed by atoms with E-state index in [9.17, 15) is 9.59 Å². The van der Waals surface area contributed by atoms with Gasteiger partial charge in [-0.15, -0.1) is 0 Å². The van der Waals surface area contributed by atoms with Crippen LogP contribution >= 0.6 is 11.6 Å². The fourth-order valence-electron chi connectivity index (χ4n) is 0.637. The van der Waals surface area contributed by atoms with Gasteiger partial charge in [0.05, 0.1) is 5.56 Å². The van der Waals surface area contributed by atoms with Crippen LogP contribution in [0.25, 0.3) is 0 Å². The number of hydrogen-bond acceptors (Lipinski definition) is 3. The highest BCUT2D eigenvalue weighted by Crippen LogP contribution is 2.02. The van der Waals surface area contributed by atoms with E-state index in [-0.39, 0.29) is 11.3 Å². The van der Waals surface area contributed by atoms with E-state index in [1.54, 1.807) is 0 Å². The maximum atomic E-state index is 10.5. The summed E-state index contributed by atoms with van der Waals surface area (Å²) in [7, 11) is 0. The quantitative estimate of drug-likeness (QED) is 0.702. The van der Waals surface area contributed by atoms with E-state index in [1.807, 2.05) is 0 Å². The molecule has 62 valence electrons. The summed E-state index contributed by atoms with van der Waals surface area (Å²) in [5, 5.41) is 7.75. The minimum atomic E-state index is -1.09. The topological polar surface area (TPSA) is 67.3 Å². The summed E-state index contributed by atoms with van der Waals surface area (Å²) in [6.45, 7) is 0. The van der Waals surface area contributed by atoms with Gasteiger partial charge in [-0.25, -0.2) is 4.79 Å². The smallest absolute Gasteiger partial charge is 0.337 e. The molecule has 1 rings (SSSR count). The molecule has 0 saturated carbocycles. The summed E-state index contributed by atoms with van der Waals surface area (Å²) in [6, 6.07) is 2.53. The van der Waals surface area contributed by atoms with Crippen LogP contribution in [-0.2, 0) is 0 Å². The van der Waals surface area contributed by atoms with Gasteiger partial charge in [0.1, 0.15) is 5.69 Å². The van der Waals surface area contributed by atoms with E-state index in [1.165, 1.54) is 12.1 Å². The minimum absolute atomic E-state index is 0.0247. The SMILES string of the molecule is O=C(O)c1ccc(C(=O)Cl)nc1. The van der Waals surface area contributed by atoms with Crippen LogP contribution in [0.3, 0.4) is 0 Å². The lowest BCUT2D eigenvalue weighted by atomic mass is 10.2. The molecule has 0 aromatic carbocycles. The zero-order valence-corrected chi connectivity index (χ0v) is 6.58. The lowest BCUT2D eigenvalue weighted by Crippen LogP contribution is -1.99. The Hall–Kier alpha value is -1.42. The van der Waals surface area contributed by atoms with Crippen LogP contribution in [0.15, 0.2) is 18.3 Å². The molecule has 1 heterocycles. The van der Waals surface area contributed by atoms with Crippen molar-refractivity contribution in [2.75, 3.05) is 0 Å². The van der Waals surface area contributed by atoms with Crippen molar-refractivity contribution >= 4 is 22.8 Å². The Labute approximate surface area is 72.8 Å². The zero-order valence-electron chi connectivity index (χ0n) is 5.82. The van der Waals surface area contributed by atoms with Gasteiger partial charge in [-0.1, -0.05) is 0 Å². The minimum Gasteiger partial charge on any atom is -0.478 e. The molecule has 1 aromatic heterocycles. The molecule has 0 bridgehead atoms. The maximum absolute atomic E-state index is 10.5. The van der Waals surface area contributed by atoms with Gasteiger partial charge in [-0.05, 0) is 23.7 Å². The Balaban J connectivity index is 3.01. The average Bonchev–Trinajstić information content (AvgIpc) is 2.04. The van der Waals surface area contributed by atoms with E-state index < -0.39 is 11.2 Å². The maximum Gasteiger partial charge on any atom is 0.337 e. The van der Waals surface area contributed by atoms with Gasteiger partial charge < -0.3 is 5.11 Å². The predicted octanol–water partition coefficient (Wildman–Crippen LogP) is 1.16. The largest absolute Gasteiger partial charge is 0.478 e. The molecule has 1 aromatic rings. The van der Waals surface area contributed by atoms with Crippen molar-refractivity contribution in [2.24, 2.45) is 0 Å². The van der Waals surface area contributed by atoms with Crippen LogP contribution in [0.4, 0.5) is 0 Å². The first-order valence-electron chi connectivity index (χ1n) is 3.00. The summed E-state index contributed by atoms with van der Waals surface area (Å²) in [6.07, 6.45) is 1.08. The Morgan fingerprint density at radius 2 is 2.08 bits per heavy atom. The second kappa shape index (κ2) is 3.32.